The van der Waals surface area contributed by atoms with Crippen molar-refractivity contribution in [1.82, 2.24) is 0 Å². The SMILES string of the molecule is CC(=O)N1c2cc(F)c(C)cc2Oc2c1cc(F)c(O)c2F. The summed E-state index contributed by atoms with van der Waals surface area (Å²) in [6.07, 6.45) is 0. The fraction of sp³-hybridized carbons (Fsp3) is 0.133. The van der Waals surface area contributed by atoms with Gasteiger partial charge in [-0.05, 0) is 18.6 Å². The zero-order valence-electron chi connectivity index (χ0n) is 11.6. The molecule has 0 unspecified atom stereocenters. The molecule has 0 aliphatic carbocycles. The van der Waals surface area contributed by atoms with Gasteiger partial charge in [0.25, 0.3) is 0 Å². The molecule has 22 heavy (non-hydrogen) atoms. The molecule has 1 aliphatic rings. The number of nitrogens with zero attached hydrogens (tertiary/aromatic N) is 1. The van der Waals surface area contributed by atoms with Crippen LogP contribution in [0.4, 0.5) is 24.5 Å². The largest absolute Gasteiger partial charge is 0.503 e. The van der Waals surface area contributed by atoms with E-state index in [0.29, 0.717) is 0 Å². The van der Waals surface area contributed by atoms with Crippen molar-refractivity contribution >= 4 is 17.3 Å². The van der Waals surface area contributed by atoms with E-state index in [-0.39, 0.29) is 22.7 Å². The van der Waals surface area contributed by atoms with E-state index < -0.39 is 34.9 Å². The molecule has 2 aromatic rings. The summed E-state index contributed by atoms with van der Waals surface area (Å²) in [5, 5.41) is 9.34. The molecular formula is C15H10F3NO3. The van der Waals surface area contributed by atoms with Crippen molar-refractivity contribution < 1.29 is 27.8 Å². The maximum atomic E-state index is 14.0. The zero-order valence-corrected chi connectivity index (χ0v) is 11.6. The molecule has 0 radical (unpaired) electrons. The van der Waals surface area contributed by atoms with Crippen molar-refractivity contribution in [2.75, 3.05) is 4.90 Å². The summed E-state index contributed by atoms with van der Waals surface area (Å²) in [6, 6.07) is 3.11. The lowest BCUT2D eigenvalue weighted by Gasteiger charge is -2.31. The second-order valence-corrected chi connectivity index (χ2v) is 4.89. The van der Waals surface area contributed by atoms with Gasteiger partial charge in [0.15, 0.2) is 23.1 Å². The first-order chi connectivity index (χ1) is 10.3. The smallest absolute Gasteiger partial charge is 0.228 e. The molecule has 0 bridgehead atoms. The van der Waals surface area contributed by atoms with E-state index in [9.17, 15) is 23.1 Å². The number of fused-ring (bicyclic) bond motifs is 2. The third-order valence-corrected chi connectivity index (χ3v) is 3.38. The normalized spacial score (nSPS) is 12.5. The Labute approximate surface area is 123 Å². The number of anilines is 2. The van der Waals surface area contributed by atoms with Gasteiger partial charge in [-0.1, -0.05) is 0 Å². The highest BCUT2D eigenvalue weighted by atomic mass is 19.1. The Bertz CT molecular complexity index is 820. The zero-order chi connectivity index (χ0) is 16.2. The van der Waals surface area contributed by atoms with Crippen LogP contribution in [0.15, 0.2) is 18.2 Å². The van der Waals surface area contributed by atoms with E-state index in [4.69, 9.17) is 4.74 Å². The van der Waals surface area contributed by atoms with E-state index in [0.717, 1.165) is 17.0 Å². The third-order valence-electron chi connectivity index (χ3n) is 3.38. The van der Waals surface area contributed by atoms with Crippen molar-refractivity contribution in [1.29, 1.82) is 0 Å². The molecule has 0 fully saturated rings. The van der Waals surface area contributed by atoms with E-state index in [1.807, 2.05) is 0 Å². The Balaban J connectivity index is 2.33. The van der Waals surface area contributed by atoms with Crippen molar-refractivity contribution in [2.24, 2.45) is 0 Å². The van der Waals surface area contributed by atoms with Crippen LogP contribution in [0.3, 0.4) is 0 Å². The van der Waals surface area contributed by atoms with Crippen LogP contribution >= 0.6 is 0 Å². The minimum absolute atomic E-state index is 0.0338. The molecule has 1 heterocycles. The van der Waals surface area contributed by atoms with E-state index >= 15 is 0 Å². The number of halogens is 3. The van der Waals surface area contributed by atoms with Crippen molar-refractivity contribution in [2.45, 2.75) is 13.8 Å². The summed E-state index contributed by atoms with van der Waals surface area (Å²) in [6.45, 7) is 2.64. The first kappa shape index (κ1) is 14.2. The molecule has 0 spiro atoms. The van der Waals surface area contributed by atoms with Crippen LogP contribution in [-0.2, 0) is 4.79 Å². The summed E-state index contributed by atoms with van der Waals surface area (Å²) in [5.41, 5.74) is 0.0288. The first-order valence-corrected chi connectivity index (χ1v) is 6.31. The van der Waals surface area contributed by atoms with Crippen molar-refractivity contribution in [3.05, 3.63) is 41.2 Å². The number of phenols is 1. The molecule has 0 saturated heterocycles. The van der Waals surface area contributed by atoms with Gasteiger partial charge >= 0.3 is 0 Å². The van der Waals surface area contributed by atoms with Gasteiger partial charge in [0, 0.05) is 19.1 Å². The number of ether oxygens (including phenoxy) is 1. The second kappa shape index (κ2) is 4.66. The molecule has 0 aromatic heterocycles. The lowest BCUT2D eigenvalue weighted by molar-refractivity contribution is -0.115. The number of aryl methyl sites for hydroxylation is 1. The highest BCUT2D eigenvalue weighted by Gasteiger charge is 2.33. The third kappa shape index (κ3) is 1.89. The summed E-state index contributed by atoms with van der Waals surface area (Å²) >= 11 is 0. The van der Waals surface area contributed by atoms with Gasteiger partial charge < -0.3 is 9.84 Å². The number of hydrogen-bond acceptors (Lipinski definition) is 3. The maximum Gasteiger partial charge on any atom is 0.228 e. The lowest BCUT2D eigenvalue weighted by Crippen LogP contribution is -2.27. The topological polar surface area (TPSA) is 49.8 Å². The number of carbonyl (C=O) groups is 1. The molecule has 7 heteroatoms. The van der Waals surface area contributed by atoms with Crippen molar-refractivity contribution in [3.63, 3.8) is 0 Å². The van der Waals surface area contributed by atoms with Crippen LogP contribution in [0, 0.1) is 24.4 Å². The predicted molar refractivity (Wildman–Crippen MR) is 72.1 cm³/mol. The highest BCUT2D eigenvalue weighted by molar-refractivity contribution is 6.03. The van der Waals surface area contributed by atoms with Crippen LogP contribution in [0.25, 0.3) is 0 Å². The fourth-order valence-corrected chi connectivity index (χ4v) is 2.32. The fourth-order valence-electron chi connectivity index (χ4n) is 2.32. The molecule has 1 amide bonds. The monoisotopic (exact) mass is 309 g/mol. The number of amides is 1. The Kier molecular flexibility index (Phi) is 3.01. The van der Waals surface area contributed by atoms with Gasteiger partial charge in [0.1, 0.15) is 5.82 Å². The summed E-state index contributed by atoms with van der Waals surface area (Å²) in [5.74, 6) is -5.41. The molecule has 1 N–H and O–H groups in total. The number of rotatable bonds is 0. The lowest BCUT2D eigenvalue weighted by atomic mass is 10.1. The van der Waals surface area contributed by atoms with Gasteiger partial charge in [0.05, 0.1) is 11.4 Å². The summed E-state index contributed by atoms with van der Waals surface area (Å²) < 4.78 is 46.7. The number of benzene rings is 2. The number of carbonyl (C=O) groups excluding carboxylic acids is 1. The van der Waals surface area contributed by atoms with Crippen LogP contribution in [0.2, 0.25) is 0 Å². The van der Waals surface area contributed by atoms with Crippen LogP contribution < -0.4 is 9.64 Å². The standard InChI is InChI=1S/C15H10F3NO3/c1-6-3-12-10(4-8(6)16)19(7(2)20)11-5-9(17)14(21)13(18)15(11)22-12/h3-5,21H,1-2H3. The average Bonchev–Trinajstić information content (AvgIpc) is 2.45. The number of aromatic hydroxyl groups is 1. The highest BCUT2D eigenvalue weighted by Crippen LogP contribution is 2.50. The molecular weight excluding hydrogens is 299 g/mol. The van der Waals surface area contributed by atoms with E-state index in [2.05, 4.69) is 0 Å². The van der Waals surface area contributed by atoms with Crippen molar-refractivity contribution in [3.8, 4) is 17.2 Å². The van der Waals surface area contributed by atoms with Gasteiger partial charge in [-0.3, -0.25) is 9.69 Å². The Morgan fingerprint density at radius 2 is 1.77 bits per heavy atom. The number of hydrogen-bond donors (Lipinski definition) is 1. The molecule has 114 valence electrons. The second-order valence-electron chi connectivity index (χ2n) is 4.89. The van der Waals surface area contributed by atoms with Gasteiger partial charge in [-0.15, -0.1) is 0 Å². The average molecular weight is 309 g/mol. The Morgan fingerprint density at radius 1 is 1.14 bits per heavy atom. The molecule has 0 saturated carbocycles. The summed E-state index contributed by atoms with van der Waals surface area (Å²) in [7, 11) is 0. The minimum Gasteiger partial charge on any atom is -0.503 e. The Morgan fingerprint density at radius 3 is 2.41 bits per heavy atom. The van der Waals surface area contributed by atoms with Crippen LogP contribution in [0.5, 0.6) is 17.2 Å². The molecule has 4 nitrogen and oxygen atoms in total. The minimum atomic E-state index is -1.33. The quantitative estimate of drug-likeness (QED) is 0.802. The Hall–Kier alpha value is -2.70. The molecule has 1 aliphatic heterocycles. The number of phenolic OH excluding ortho intramolecular Hbond substituents is 1. The van der Waals surface area contributed by atoms with Gasteiger partial charge in [-0.25, -0.2) is 8.78 Å². The molecule has 2 aromatic carbocycles. The predicted octanol–water partition coefficient (Wildman–Crippen LogP) is 3.91. The van der Waals surface area contributed by atoms with Gasteiger partial charge in [-0.2, -0.15) is 4.39 Å². The van der Waals surface area contributed by atoms with E-state index in [1.54, 1.807) is 0 Å². The van der Waals surface area contributed by atoms with Gasteiger partial charge in [0.2, 0.25) is 11.7 Å². The van der Waals surface area contributed by atoms with E-state index in [1.165, 1.54) is 19.9 Å². The van der Waals surface area contributed by atoms with Crippen LogP contribution in [-0.4, -0.2) is 11.0 Å². The first-order valence-electron chi connectivity index (χ1n) is 6.31. The molecule has 3 rings (SSSR count). The summed E-state index contributed by atoms with van der Waals surface area (Å²) in [4.78, 5) is 12.8. The molecule has 0 atom stereocenters. The maximum absolute atomic E-state index is 14.0. The van der Waals surface area contributed by atoms with Crippen LogP contribution in [0.1, 0.15) is 12.5 Å².